The lowest BCUT2D eigenvalue weighted by molar-refractivity contribution is -0.385. The number of nitro benzene ring substituents is 1. The molecule has 1 rings (SSSR count). The molecule has 1 aromatic carbocycles. The summed E-state index contributed by atoms with van der Waals surface area (Å²) in [7, 11) is 0. The largest absolute Gasteiger partial charge is 0.491 e. The molecule has 0 atom stereocenters. The SMILES string of the molecule is CCOc1c(N)ccc([N+](=O)[O-])c1C(C)=O. The quantitative estimate of drug-likeness (QED) is 0.364. The van der Waals surface area contributed by atoms with E-state index in [1.165, 1.54) is 19.1 Å². The van der Waals surface area contributed by atoms with Gasteiger partial charge in [0, 0.05) is 6.07 Å². The first-order valence-corrected chi connectivity index (χ1v) is 4.69. The summed E-state index contributed by atoms with van der Waals surface area (Å²) in [6.45, 7) is 3.23. The van der Waals surface area contributed by atoms with Crippen molar-refractivity contribution in [2.45, 2.75) is 13.8 Å². The molecule has 0 aromatic heterocycles. The molecule has 0 bridgehead atoms. The number of nitro groups is 1. The number of nitrogens with zero attached hydrogens (tertiary/aromatic N) is 1. The molecule has 0 aliphatic heterocycles. The number of carbonyl (C=O) groups excluding carboxylic acids is 1. The van der Waals surface area contributed by atoms with Gasteiger partial charge in [-0.05, 0) is 19.9 Å². The topological polar surface area (TPSA) is 95.5 Å². The number of benzene rings is 1. The van der Waals surface area contributed by atoms with Gasteiger partial charge >= 0.3 is 0 Å². The van der Waals surface area contributed by atoms with Crippen molar-refractivity contribution in [2.24, 2.45) is 0 Å². The lowest BCUT2D eigenvalue weighted by Crippen LogP contribution is -2.07. The van der Waals surface area contributed by atoms with Crippen LogP contribution >= 0.6 is 0 Å². The highest BCUT2D eigenvalue weighted by molar-refractivity contribution is 6.02. The van der Waals surface area contributed by atoms with Crippen molar-refractivity contribution in [3.05, 3.63) is 27.8 Å². The van der Waals surface area contributed by atoms with Gasteiger partial charge in [-0.3, -0.25) is 14.9 Å². The molecular weight excluding hydrogens is 212 g/mol. The molecule has 16 heavy (non-hydrogen) atoms. The van der Waals surface area contributed by atoms with Crippen molar-refractivity contribution < 1.29 is 14.5 Å². The van der Waals surface area contributed by atoms with Crippen molar-refractivity contribution in [1.82, 2.24) is 0 Å². The van der Waals surface area contributed by atoms with Crippen LogP contribution in [0.3, 0.4) is 0 Å². The van der Waals surface area contributed by atoms with E-state index in [2.05, 4.69) is 0 Å². The maximum absolute atomic E-state index is 11.4. The molecule has 0 saturated carbocycles. The number of nitrogens with two attached hydrogens (primary N) is 1. The van der Waals surface area contributed by atoms with E-state index in [9.17, 15) is 14.9 Å². The maximum atomic E-state index is 11.4. The molecule has 0 amide bonds. The minimum atomic E-state index is -0.626. The van der Waals surface area contributed by atoms with E-state index in [4.69, 9.17) is 10.5 Å². The number of Topliss-reactive ketones (excluding diaryl/α,β-unsaturated/α-hetero) is 1. The molecule has 6 nitrogen and oxygen atoms in total. The highest BCUT2D eigenvalue weighted by atomic mass is 16.6. The number of carbonyl (C=O) groups is 1. The van der Waals surface area contributed by atoms with Gasteiger partial charge in [-0.25, -0.2) is 0 Å². The number of nitrogen functional groups attached to an aromatic ring is 1. The molecule has 2 N–H and O–H groups in total. The summed E-state index contributed by atoms with van der Waals surface area (Å²) in [4.78, 5) is 21.5. The van der Waals surface area contributed by atoms with E-state index < -0.39 is 10.7 Å². The predicted octanol–water partition coefficient (Wildman–Crippen LogP) is 1.78. The standard InChI is InChI=1S/C10H12N2O4/c1-3-16-10-7(11)4-5-8(12(14)15)9(10)6(2)13/h4-5H,3,11H2,1-2H3. The Morgan fingerprint density at radius 1 is 1.56 bits per heavy atom. The van der Waals surface area contributed by atoms with E-state index in [0.717, 1.165) is 0 Å². The van der Waals surface area contributed by atoms with Gasteiger partial charge < -0.3 is 10.5 Å². The monoisotopic (exact) mass is 224 g/mol. The molecule has 1 aromatic rings. The van der Waals surface area contributed by atoms with E-state index in [1.807, 2.05) is 0 Å². The molecule has 6 heteroatoms. The highest BCUT2D eigenvalue weighted by Gasteiger charge is 2.24. The van der Waals surface area contributed by atoms with Crippen LogP contribution in [0, 0.1) is 10.1 Å². The minimum Gasteiger partial charge on any atom is -0.491 e. The van der Waals surface area contributed by atoms with Gasteiger partial charge in [-0.2, -0.15) is 0 Å². The van der Waals surface area contributed by atoms with Crippen LogP contribution in [0.2, 0.25) is 0 Å². The van der Waals surface area contributed by atoms with Crippen molar-refractivity contribution in [3.8, 4) is 5.75 Å². The smallest absolute Gasteiger partial charge is 0.284 e. The average molecular weight is 224 g/mol. The fourth-order valence-electron chi connectivity index (χ4n) is 1.38. The summed E-state index contributed by atoms with van der Waals surface area (Å²) in [5, 5.41) is 10.8. The fraction of sp³-hybridized carbons (Fsp3) is 0.300. The molecule has 0 unspecified atom stereocenters. The second kappa shape index (κ2) is 4.61. The third kappa shape index (κ3) is 2.10. The second-order valence-electron chi connectivity index (χ2n) is 3.12. The predicted molar refractivity (Wildman–Crippen MR) is 58.7 cm³/mol. The van der Waals surface area contributed by atoms with E-state index >= 15 is 0 Å². The van der Waals surface area contributed by atoms with Crippen molar-refractivity contribution in [3.63, 3.8) is 0 Å². The lowest BCUT2D eigenvalue weighted by atomic mass is 10.1. The molecule has 86 valence electrons. The molecule has 0 spiro atoms. The van der Waals surface area contributed by atoms with Crippen LogP contribution in [0.5, 0.6) is 5.75 Å². The number of rotatable bonds is 4. The van der Waals surface area contributed by atoms with Crippen LogP contribution in [0.15, 0.2) is 12.1 Å². The Morgan fingerprint density at radius 3 is 2.62 bits per heavy atom. The number of anilines is 1. The van der Waals surface area contributed by atoms with Crippen LogP contribution in [-0.4, -0.2) is 17.3 Å². The summed E-state index contributed by atoms with van der Waals surface area (Å²) in [6.07, 6.45) is 0. The molecular formula is C10H12N2O4. The molecule has 0 saturated heterocycles. The Bertz CT molecular complexity index is 443. The highest BCUT2D eigenvalue weighted by Crippen LogP contribution is 2.34. The van der Waals surface area contributed by atoms with Crippen LogP contribution in [0.1, 0.15) is 24.2 Å². The molecule has 0 aliphatic rings. The van der Waals surface area contributed by atoms with Gasteiger partial charge in [0.2, 0.25) is 0 Å². The van der Waals surface area contributed by atoms with Crippen molar-refractivity contribution in [2.75, 3.05) is 12.3 Å². The fourth-order valence-corrected chi connectivity index (χ4v) is 1.38. The van der Waals surface area contributed by atoms with Crippen LogP contribution in [0.4, 0.5) is 11.4 Å². The Kier molecular flexibility index (Phi) is 3.44. The van der Waals surface area contributed by atoms with Gasteiger partial charge in [0.05, 0.1) is 17.2 Å². The molecule has 0 fully saturated rings. The third-order valence-electron chi connectivity index (χ3n) is 2.00. The van der Waals surface area contributed by atoms with Crippen molar-refractivity contribution >= 4 is 17.2 Å². The van der Waals surface area contributed by atoms with Crippen molar-refractivity contribution in [1.29, 1.82) is 0 Å². The molecule has 0 heterocycles. The Hall–Kier alpha value is -2.11. The van der Waals surface area contributed by atoms with Gasteiger partial charge in [-0.1, -0.05) is 0 Å². The second-order valence-corrected chi connectivity index (χ2v) is 3.12. The summed E-state index contributed by atoms with van der Waals surface area (Å²) >= 11 is 0. The Morgan fingerprint density at radius 2 is 2.19 bits per heavy atom. The number of ether oxygens (including phenoxy) is 1. The van der Waals surface area contributed by atoms with Gasteiger partial charge in [0.25, 0.3) is 5.69 Å². The number of hydrogen-bond acceptors (Lipinski definition) is 5. The van der Waals surface area contributed by atoms with Gasteiger partial charge in [0.1, 0.15) is 5.56 Å². The first kappa shape index (κ1) is 12.0. The Balaban J connectivity index is 3.49. The van der Waals surface area contributed by atoms with Crippen LogP contribution in [0.25, 0.3) is 0 Å². The first-order chi connectivity index (χ1) is 7.49. The maximum Gasteiger partial charge on any atom is 0.284 e. The zero-order valence-corrected chi connectivity index (χ0v) is 9.02. The summed E-state index contributed by atoms with van der Waals surface area (Å²) in [5.74, 6) is -0.355. The first-order valence-electron chi connectivity index (χ1n) is 4.69. The van der Waals surface area contributed by atoms with Crippen LogP contribution < -0.4 is 10.5 Å². The van der Waals surface area contributed by atoms with Gasteiger partial charge in [0.15, 0.2) is 11.5 Å². The average Bonchev–Trinajstić information content (AvgIpc) is 2.20. The van der Waals surface area contributed by atoms with E-state index in [1.54, 1.807) is 6.92 Å². The molecule has 0 aliphatic carbocycles. The summed E-state index contributed by atoms with van der Waals surface area (Å²) in [6, 6.07) is 2.56. The summed E-state index contributed by atoms with van der Waals surface area (Å²) in [5.41, 5.74) is 5.47. The van der Waals surface area contributed by atoms with E-state index in [-0.39, 0.29) is 29.3 Å². The zero-order valence-electron chi connectivity index (χ0n) is 9.02. The van der Waals surface area contributed by atoms with Gasteiger partial charge in [-0.15, -0.1) is 0 Å². The summed E-state index contributed by atoms with van der Waals surface area (Å²) < 4.78 is 5.17. The normalized spacial score (nSPS) is 9.88. The number of ketones is 1. The zero-order chi connectivity index (χ0) is 12.3. The van der Waals surface area contributed by atoms with E-state index in [0.29, 0.717) is 0 Å². The van der Waals surface area contributed by atoms with Crippen LogP contribution in [-0.2, 0) is 0 Å². The third-order valence-corrected chi connectivity index (χ3v) is 2.00. The lowest BCUT2D eigenvalue weighted by Gasteiger charge is -2.10. The molecule has 0 radical (unpaired) electrons. The number of hydrogen-bond donors (Lipinski definition) is 1. The minimum absolute atomic E-state index is 0.0770. The Labute approximate surface area is 92.2 Å².